The van der Waals surface area contributed by atoms with Crippen molar-refractivity contribution in [1.29, 1.82) is 10.5 Å². The van der Waals surface area contributed by atoms with Crippen LogP contribution >= 0.6 is 0 Å². The van der Waals surface area contributed by atoms with Gasteiger partial charge in [0.05, 0.1) is 28.9 Å². The number of benzene rings is 1. The molecule has 0 saturated heterocycles. The summed E-state index contributed by atoms with van der Waals surface area (Å²) in [5.41, 5.74) is -0.0307. The zero-order valence-corrected chi connectivity index (χ0v) is 10.2. The molecule has 7 heteroatoms. The molecule has 2 aromatic rings. The fourth-order valence-corrected chi connectivity index (χ4v) is 1.66. The molecule has 0 spiro atoms. The second kappa shape index (κ2) is 5.55. The second-order valence-electron chi connectivity index (χ2n) is 3.83. The van der Waals surface area contributed by atoms with Crippen LogP contribution in [0.25, 0.3) is 0 Å². The van der Waals surface area contributed by atoms with E-state index in [0.717, 1.165) is 6.07 Å². The molecule has 0 fully saturated rings. The maximum atomic E-state index is 11.0. The van der Waals surface area contributed by atoms with E-state index in [9.17, 15) is 10.1 Å². The molecule has 0 amide bonds. The zero-order chi connectivity index (χ0) is 14.5. The smallest absolute Gasteiger partial charge is 0.293 e. The van der Waals surface area contributed by atoms with Gasteiger partial charge in [-0.15, -0.1) is 0 Å². The minimum absolute atomic E-state index is 0.0252. The molecule has 0 aliphatic rings. The van der Waals surface area contributed by atoms with Crippen molar-refractivity contribution in [2.24, 2.45) is 0 Å². The Morgan fingerprint density at radius 3 is 2.55 bits per heavy atom. The second-order valence-corrected chi connectivity index (χ2v) is 3.83. The molecule has 1 aromatic carbocycles. The summed E-state index contributed by atoms with van der Waals surface area (Å²) < 4.78 is 5.11. The summed E-state index contributed by atoms with van der Waals surface area (Å²) in [6.07, 6.45) is 1.49. The van der Waals surface area contributed by atoms with Crippen LogP contribution in [0.2, 0.25) is 0 Å². The number of furan rings is 1. The SMILES string of the molecule is N#Cc1cc(NCc2ccco2)c([N+](=O)[O-])cc1C#N. The maximum absolute atomic E-state index is 11.0. The Balaban J connectivity index is 2.38. The predicted octanol–water partition coefficient (Wildman–Crippen LogP) is 2.54. The summed E-state index contributed by atoms with van der Waals surface area (Å²) in [7, 11) is 0. The highest BCUT2D eigenvalue weighted by atomic mass is 16.6. The molecule has 0 atom stereocenters. The zero-order valence-electron chi connectivity index (χ0n) is 10.2. The van der Waals surface area contributed by atoms with Crippen LogP contribution in [0.15, 0.2) is 34.9 Å². The Morgan fingerprint density at radius 2 is 2.00 bits per heavy atom. The lowest BCUT2D eigenvalue weighted by Crippen LogP contribution is -2.03. The fourth-order valence-electron chi connectivity index (χ4n) is 1.66. The lowest BCUT2D eigenvalue weighted by Gasteiger charge is -2.06. The first-order chi connectivity index (χ1) is 9.65. The number of anilines is 1. The van der Waals surface area contributed by atoms with E-state index in [1.165, 1.54) is 12.3 Å². The highest BCUT2D eigenvalue weighted by Crippen LogP contribution is 2.28. The number of nitro benzene ring substituents is 1. The predicted molar refractivity (Wildman–Crippen MR) is 68.6 cm³/mol. The molecule has 1 heterocycles. The summed E-state index contributed by atoms with van der Waals surface area (Å²) in [5.74, 6) is 0.599. The van der Waals surface area contributed by atoms with Crippen LogP contribution in [-0.2, 0) is 6.54 Å². The van der Waals surface area contributed by atoms with Gasteiger partial charge in [0.2, 0.25) is 0 Å². The van der Waals surface area contributed by atoms with Gasteiger partial charge in [0.15, 0.2) is 0 Å². The molecule has 1 N–H and O–H groups in total. The van der Waals surface area contributed by atoms with Crippen LogP contribution in [0.5, 0.6) is 0 Å². The monoisotopic (exact) mass is 268 g/mol. The number of nitriles is 2. The Morgan fingerprint density at radius 1 is 1.30 bits per heavy atom. The summed E-state index contributed by atoms with van der Waals surface area (Å²) >= 11 is 0. The molecule has 7 nitrogen and oxygen atoms in total. The number of nitro groups is 1. The van der Waals surface area contributed by atoms with Crippen LogP contribution < -0.4 is 5.32 Å². The molecule has 0 radical (unpaired) electrons. The third kappa shape index (κ3) is 2.57. The van der Waals surface area contributed by atoms with Gasteiger partial charge in [0.1, 0.15) is 23.6 Å². The number of nitrogens with zero attached hydrogens (tertiary/aromatic N) is 3. The summed E-state index contributed by atoms with van der Waals surface area (Å²) in [6, 6.07) is 9.40. The van der Waals surface area contributed by atoms with E-state index in [2.05, 4.69) is 5.32 Å². The van der Waals surface area contributed by atoms with Crippen molar-refractivity contribution < 1.29 is 9.34 Å². The third-order valence-corrected chi connectivity index (χ3v) is 2.61. The molecule has 2 rings (SSSR count). The molecular weight excluding hydrogens is 260 g/mol. The van der Waals surface area contributed by atoms with Crippen molar-refractivity contribution in [3.8, 4) is 12.1 Å². The van der Waals surface area contributed by atoms with E-state index in [1.54, 1.807) is 18.2 Å². The first-order valence-corrected chi connectivity index (χ1v) is 5.54. The Bertz CT molecular complexity index is 723. The molecule has 0 saturated carbocycles. The first-order valence-electron chi connectivity index (χ1n) is 5.54. The van der Waals surface area contributed by atoms with E-state index >= 15 is 0 Å². The molecular formula is C13H8N4O3. The van der Waals surface area contributed by atoms with Crippen LogP contribution in [0.3, 0.4) is 0 Å². The van der Waals surface area contributed by atoms with Crippen molar-refractivity contribution in [2.45, 2.75) is 6.54 Å². The number of hydrogen-bond donors (Lipinski definition) is 1. The van der Waals surface area contributed by atoms with Crippen molar-refractivity contribution >= 4 is 11.4 Å². The minimum atomic E-state index is -0.605. The van der Waals surface area contributed by atoms with E-state index in [4.69, 9.17) is 14.9 Å². The minimum Gasteiger partial charge on any atom is -0.467 e. The van der Waals surface area contributed by atoms with E-state index in [0.29, 0.717) is 5.76 Å². The van der Waals surface area contributed by atoms with Gasteiger partial charge in [-0.3, -0.25) is 10.1 Å². The van der Waals surface area contributed by atoms with E-state index < -0.39 is 4.92 Å². The van der Waals surface area contributed by atoms with Crippen molar-refractivity contribution in [1.82, 2.24) is 0 Å². The fraction of sp³-hybridized carbons (Fsp3) is 0.0769. The largest absolute Gasteiger partial charge is 0.467 e. The molecule has 0 aliphatic heterocycles. The normalized spacial score (nSPS) is 9.50. The Hall–Kier alpha value is -3.32. The molecule has 1 aromatic heterocycles. The van der Waals surface area contributed by atoms with Crippen LogP contribution in [-0.4, -0.2) is 4.92 Å². The van der Waals surface area contributed by atoms with E-state index in [-0.39, 0.29) is 29.0 Å². The van der Waals surface area contributed by atoms with Crippen molar-refractivity contribution in [3.63, 3.8) is 0 Å². The van der Waals surface area contributed by atoms with Crippen molar-refractivity contribution in [3.05, 3.63) is 57.5 Å². The van der Waals surface area contributed by atoms with Gasteiger partial charge in [0, 0.05) is 6.07 Å². The van der Waals surface area contributed by atoms with Gasteiger partial charge >= 0.3 is 0 Å². The highest BCUT2D eigenvalue weighted by molar-refractivity contribution is 5.68. The first kappa shape index (κ1) is 13.1. The summed E-state index contributed by atoms with van der Waals surface area (Å²) in [4.78, 5) is 10.4. The lowest BCUT2D eigenvalue weighted by atomic mass is 10.1. The Labute approximate surface area is 113 Å². The van der Waals surface area contributed by atoms with Gasteiger partial charge in [-0.25, -0.2) is 0 Å². The Kier molecular flexibility index (Phi) is 3.64. The quantitative estimate of drug-likeness (QED) is 0.672. The number of hydrogen-bond acceptors (Lipinski definition) is 6. The van der Waals surface area contributed by atoms with Gasteiger partial charge in [0.25, 0.3) is 5.69 Å². The summed E-state index contributed by atoms with van der Waals surface area (Å²) in [6.45, 7) is 0.241. The summed E-state index contributed by atoms with van der Waals surface area (Å²) in [5, 5.41) is 31.6. The molecule has 20 heavy (non-hydrogen) atoms. The van der Waals surface area contributed by atoms with Gasteiger partial charge < -0.3 is 9.73 Å². The number of nitrogens with one attached hydrogen (secondary N) is 1. The topological polar surface area (TPSA) is 116 Å². The maximum Gasteiger partial charge on any atom is 0.293 e. The van der Waals surface area contributed by atoms with Gasteiger partial charge in [-0.1, -0.05) is 0 Å². The molecule has 0 bridgehead atoms. The third-order valence-electron chi connectivity index (χ3n) is 2.61. The van der Waals surface area contributed by atoms with Gasteiger partial charge in [-0.05, 0) is 18.2 Å². The lowest BCUT2D eigenvalue weighted by molar-refractivity contribution is -0.384. The van der Waals surface area contributed by atoms with Crippen LogP contribution in [0, 0.1) is 32.8 Å². The average molecular weight is 268 g/mol. The number of rotatable bonds is 4. The molecule has 98 valence electrons. The van der Waals surface area contributed by atoms with Crippen molar-refractivity contribution in [2.75, 3.05) is 5.32 Å². The standard InChI is InChI=1S/C13H8N4O3/c14-6-9-4-12(16-8-11-2-1-3-20-11)13(17(18)19)5-10(9)7-15/h1-5,16H,8H2. The van der Waals surface area contributed by atoms with Crippen LogP contribution in [0.1, 0.15) is 16.9 Å². The van der Waals surface area contributed by atoms with Gasteiger partial charge in [-0.2, -0.15) is 10.5 Å². The average Bonchev–Trinajstić information content (AvgIpc) is 2.97. The van der Waals surface area contributed by atoms with Crippen LogP contribution in [0.4, 0.5) is 11.4 Å². The highest BCUT2D eigenvalue weighted by Gasteiger charge is 2.18. The molecule has 0 aliphatic carbocycles. The molecule has 0 unspecified atom stereocenters. The van der Waals surface area contributed by atoms with E-state index in [1.807, 2.05) is 6.07 Å².